The lowest BCUT2D eigenvalue weighted by molar-refractivity contribution is 1.15. The SMILES string of the molecule is c1ccc(-n2c3ccccc3c3ccc4c5ccccc5n(-c5ccc6ccccc6c5)c4c32)c(-c2ccc3ccccc3c2)c1. The minimum Gasteiger partial charge on any atom is -0.307 e. The molecule has 2 heterocycles. The number of benzene rings is 8. The number of para-hydroxylation sites is 3. The summed E-state index contributed by atoms with van der Waals surface area (Å²) in [5, 5.41) is 9.99. The highest BCUT2D eigenvalue weighted by molar-refractivity contribution is 6.24. The van der Waals surface area contributed by atoms with Gasteiger partial charge in [0, 0.05) is 32.8 Å². The zero-order valence-corrected chi connectivity index (χ0v) is 25.1. The van der Waals surface area contributed by atoms with Gasteiger partial charge in [0.2, 0.25) is 0 Å². The molecule has 8 aromatic carbocycles. The minimum absolute atomic E-state index is 1.16. The molecule has 0 fully saturated rings. The van der Waals surface area contributed by atoms with Gasteiger partial charge in [-0.3, -0.25) is 0 Å². The molecule has 0 saturated heterocycles. The van der Waals surface area contributed by atoms with Crippen LogP contribution >= 0.6 is 0 Å². The Morgan fingerprint density at radius 1 is 0.326 bits per heavy atom. The van der Waals surface area contributed by atoms with E-state index in [4.69, 9.17) is 0 Å². The standard InChI is InChI=1S/C44H28N2/c1-3-13-31-27-33(22-21-29(31)11-1)35-15-5-8-18-40(35)46-42-20-10-7-17-37(42)39-26-25-38-36-16-6-9-19-41(36)45(43(38)44(39)46)34-24-23-30-12-2-4-14-32(30)28-34/h1-28H. The van der Waals surface area contributed by atoms with Crippen molar-refractivity contribution in [1.82, 2.24) is 9.13 Å². The first-order valence-corrected chi connectivity index (χ1v) is 15.9. The van der Waals surface area contributed by atoms with E-state index >= 15 is 0 Å². The summed E-state index contributed by atoms with van der Waals surface area (Å²) in [6.45, 7) is 0. The van der Waals surface area contributed by atoms with Crippen LogP contribution < -0.4 is 0 Å². The largest absolute Gasteiger partial charge is 0.307 e. The molecule has 0 N–H and O–H groups in total. The summed E-state index contributed by atoms with van der Waals surface area (Å²) in [7, 11) is 0. The van der Waals surface area contributed by atoms with Gasteiger partial charge in [-0.2, -0.15) is 0 Å². The molecule has 46 heavy (non-hydrogen) atoms. The Balaban J connectivity index is 1.38. The molecule has 0 aliphatic rings. The second-order valence-corrected chi connectivity index (χ2v) is 12.2. The van der Waals surface area contributed by atoms with Crippen LogP contribution in [0.25, 0.3) is 87.7 Å². The van der Waals surface area contributed by atoms with Crippen LogP contribution in [0.4, 0.5) is 0 Å². The highest BCUT2D eigenvalue weighted by Crippen LogP contribution is 2.43. The Hall–Kier alpha value is -6.12. The Labute approximate surface area is 266 Å². The first-order chi connectivity index (χ1) is 22.8. The predicted molar refractivity (Wildman–Crippen MR) is 196 cm³/mol. The van der Waals surface area contributed by atoms with E-state index in [0.717, 1.165) is 5.69 Å². The van der Waals surface area contributed by atoms with Crippen LogP contribution in [-0.2, 0) is 0 Å². The summed E-state index contributed by atoms with van der Waals surface area (Å²) in [5.74, 6) is 0. The third-order valence-electron chi connectivity index (χ3n) is 9.67. The highest BCUT2D eigenvalue weighted by atomic mass is 15.0. The molecule has 0 amide bonds. The Bertz CT molecular complexity index is 2810. The molecule has 0 aliphatic heterocycles. The molecule has 10 rings (SSSR count). The zero-order valence-electron chi connectivity index (χ0n) is 25.1. The molecule has 2 nitrogen and oxygen atoms in total. The maximum atomic E-state index is 2.51. The van der Waals surface area contributed by atoms with E-state index in [9.17, 15) is 0 Å². The van der Waals surface area contributed by atoms with E-state index in [-0.39, 0.29) is 0 Å². The second-order valence-electron chi connectivity index (χ2n) is 12.2. The van der Waals surface area contributed by atoms with Crippen molar-refractivity contribution in [3.05, 3.63) is 170 Å². The number of fused-ring (bicyclic) bond motifs is 9. The van der Waals surface area contributed by atoms with Gasteiger partial charge in [0.1, 0.15) is 0 Å². The summed E-state index contributed by atoms with van der Waals surface area (Å²) < 4.78 is 4.99. The van der Waals surface area contributed by atoms with Crippen LogP contribution in [-0.4, -0.2) is 9.13 Å². The van der Waals surface area contributed by atoms with Crippen LogP contribution in [0, 0.1) is 0 Å². The van der Waals surface area contributed by atoms with Gasteiger partial charge in [0.05, 0.1) is 27.8 Å². The van der Waals surface area contributed by atoms with Gasteiger partial charge in [-0.15, -0.1) is 0 Å². The smallest absolute Gasteiger partial charge is 0.0789 e. The first-order valence-electron chi connectivity index (χ1n) is 15.9. The van der Waals surface area contributed by atoms with Crippen molar-refractivity contribution < 1.29 is 0 Å². The molecule has 0 radical (unpaired) electrons. The monoisotopic (exact) mass is 584 g/mol. The lowest BCUT2D eigenvalue weighted by atomic mass is 9.99. The zero-order chi connectivity index (χ0) is 30.2. The average Bonchev–Trinajstić information content (AvgIpc) is 3.64. The van der Waals surface area contributed by atoms with E-state index in [1.165, 1.54) is 82.0 Å². The molecule has 0 saturated carbocycles. The number of rotatable bonds is 3. The molecular weight excluding hydrogens is 556 g/mol. The van der Waals surface area contributed by atoms with E-state index in [0.29, 0.717) is 0 Å². The van der Waals surface area contributed by atoms with Crippen LogP contribution in [0.1, 0.15) is 0 Å². The number of hydrogen-bond acceptors (Lipinski definition) is 0. The van der Waals surface area contributed by atoms with E-state index in [2.05, 4.69) is 179 Å². The van der Waals surface area contributed by atoms with E-state index < -0.39 is 0 Å². The molecule has 2 heteroatoms. The minimum atomic E-state index is 1.16. The summed E-state index contributed by atoms with van der Waals surface area (Å²) in [5.41, 5.74) is 9.61. The fourth-order valence-corrected chi connectivity index (χ4v) is 7.60. The molecule has 0 spiro atoms. The molecule has 2 aromatic heterocycles. The summed E-state index contributed by atoms with van der Waals surface area (Å²) in [6, 6.07) is 62.1. The van der Waals surface area contributed by atoms with Crippen molar-refractivity contribution in [2.75, 3.05) is 0 Å². The van der Waals surface area contributed by atoms with Crippen molar-refractivity contribution in [2.24, 2.45) is 0 Å². The van der Waals surface area contributed by atoms with Gasteiger partial charge in [0.15, 0.2) is 0 Å². The van der Waals surface area contributed by atoms with Crippen molar-refractivity contribution >= 4 is 65.2 Å². The van der Waals surface area contributed by atoms with Gasteiger partial charge >= 0.3 is 0 Å². The third kappa shape index (κ3) is 3.59. The number of hydrogen-bond donors (Lipinski definition) is 0. The van der Waals surface area contributed by atoms with Crippen molar-refractivity contribution in [3.8, 4) is 22.5 Å². The van der Waals surface area contributed by atoms with E-state index in [1.807, 2.05) is 0 Å². The second kappa shape index (κ2) is 9.69. The average molecular weight is 585 g/mol. The normalized spacial score (nSPS) is 11.9. The van der Waals surface area contributed by atoms with Crippen molar-refractivity contribution in [3.63, 3.8) is 0 Å². The number of aromatic nitrogens is 2. The highest BCUT2D eigenvalue weighted by Gasteiger charge is 2.22. The van der Waals surface area contributed by atoms with Gasteiger partial charge < -0.3 is 9.13 Å². The summed E-state index contributed by atoms with van der Waals surface area (Å²) in [6.07, 6.45) is 0. The fraction of sp³-hybridized carbons (Fsp3) is 0. The van der Waals surface area contributed by atoms with E-state index in [1.54, 1.807) is 0 Å². The Kier molecular flexibility index (Phi) is 5.31. The van der Waals surface area contributed by atoms with Crippen LogP contribution in [0.5, 0.6) is 0 Å². The van der Waals surface area contributed by atoms with Gasteiger partial charge in [-0.1, -0.05) is 133 Å². The first kappa shape index (κ1) is 25.2. The lowest BCUT2D eigenvalue weighted by Gasteiger charge is -2.16. The molecule has 10 aromatic rings. The molecule has 0 bridgehead atoms. The Morgan fingerprint density at radius 3 is 1.57 bits per heavy atom. The molecule has 0 aliphatic carbocycles. The van der Waals surface area contributed by atoms with Gasteiger partial charge in [-0.05, 0) is 63.5 Å². The van der Waals surface area contributed by atoms with Gasteiger partial charge in [0.25, 0.3) is 0 Å². The maximum absolute atomic E-state index is 2.51. The quantitative estimate of drug-likeness (QED) is 0.195. The molecule has 214 valence electrons. The maximum Gasteiger partial charge on any atom is 0.0789 e. The molecular formula is C44H28N2. The summed E-state index contributed by atoms with van der Waals surface area (Å²) in [4.78, 5) is 0. The van der Waals surface area contributed by atoms with Crippen molar-refractivity contribution in [2.45, 2.75) is 0 Å². The molecule has 0 unspecified atom stereocenters. The summed E-state index contributed by atoms with van der Waals surface area (Å²) >= 11 is 0. The van der Waals surface area contributed by atoms with Crippen LogP contribution in [0.2, 0.25) is 0 Å². The fourth-order valence-electron chi connectivity index (χ4n) is 7.60. The van der Waals surface area contributed by atoms with Crippen LogP contribution in [0.15, 0.2) is 170 Å². The third-order valence-corrected chi connectivity index (χ3v) is 9.67. The molecule has 0 atom stereocenters. The lowest BCUT2D eigenvalue weighted by Crippen LogP contribution is -2.00. The van der Waals surface area contributed by atoms with Crippen LogP contribution in [0.3, 0.4) is 0 Å². The Morgan fingerprint density at radius 2 is 0.848 bits per heavy atom. The van der Waals surface area contributed by atoms with Crippen molar-refractivity contribution in [1.29, 1.82) is 0 Å². The topological polar surface area (TPSA) is 9.86 Å². The predicted octanol–water partition coefficient (Wildman–Crippen LogP) is 11.9. The number of nitrogens with zero attached hydrogens (tertiary/aromatic N) is 2. The van der Waals surface area contributed by atoms with Gasteiger partial charge in [-0.25, -0.2) is 0 Å².